The summed E-state index contributed by atoms with van der Waals surface area (Å²) in [7, 11) is 1.28. The molecular formula is C20H24O7. The van der Waals surface area contributed by atoms with Gasteiger partial charge in [0.1, 0.15) is 6.10 Å². The first-order chi connectivity index (χ1) is 12.6. The van der Waals surface area contributed by atoms with Crippen LogP contribution in [0, 0.1) is 11.3 Å². The molecule has 1 unspecified atom stereocenters. The molecule has 2 aliphatic heterocycles. The van der Waals surface area contributed by atoms with Crippen LogP contribution in [0.3, 0.4) is 0 Å². The zero-order valence-corrected chi connectivity index (χ0v) is 16.2. The molecule has 0 amide bonds. The van der Waals surface area contributed by atoms with Crippen molar-refractivity contribution in [1.82, 2.24) is 0 Å². The first-order valence-electron chi connectivity index (χ1n) is 8.87. The van der Waals surface area contributed by atoms with Crippen molar-refractivity contribution in [1.29, 1.82) is 0 Å². The number of esters is 3. The van der Waals surface area contributed by atoms with E-state index in [1.54, 1.807) is 6.92 Å². The second-order valence-corrected chi connectivity index (χ2v) is 7.80. The Labute approximate surface area is 158 Å². The van der Waals surface area contributed by atoms with Gasteiger partial charge in [0.15, 0.2) is 0 Å². The molecule has 7 nitrogen and oxygen atoms in total. The van der Waals surface area contributed by atoms with Crippen LogP contribution in [-0.2, 0) is 33.3 Å². The molecule has 0 radical (unpaired) electrons. The van der Waals surface area contributed by atoms with E-state index in [2.05, 4.69) is 0 Å². The maximum absolute atomic E-state index is 12.4. The van der Waals surface area contributed by atoms with Crippen molar-refractivity contribution < 1.29 is 33.3 Å². The summed E-state index contributed by atoms with van der Waals surface area (Å²) in [6, 6.07) is 0. The van der Waals surface area contributed by atoms with E-state index < -0.39 is 30.3 Å². The Morgan fingerprint density at radius 3 is 2.56 bits per heavy atom. The lowest BCUT2D eigenvalue weighted by atomic mass is 9.75. The summed E-state index contributed by atoms with van der Waals surface area (Å²) in [4.78, 5) is 36.0. The highest BCUT2D eigenvalue weighted by Gasteiger charge is 2.49. The standard InChI is InChI=1S/C20H24O7/c1-10-6-12(17-16(10)20(3,4)8-14(21)26-17)13(19(23)24-5)9-25-15-7-11(2)18(22)27-15/h7,9,12,15,17H,6,8H2,1-5H3/b13-9-/t12-,15?,17-/m1/s1. The molecule has 0 saturated carbocycles. The van der Waals surface area contributed by atoms with Crippen LogP contribution < -0.4 is 0 Å². The molecule has 7 heteroatoms. The monoisotopic (exact) mass is 376 g/mol. The minimum absolute atomic E-state index is 0.247. The molecular weight excluding hydrogens is 352 g/mol. The van der Waals surface area contributed by atoms with Gasteiger partial charge >= 0.3 is 17.9 Å². The molecule has 27 heavy (non-hydrogen) atoms. The zero-order chi connectivity index (χ0) is 19.9. The third kappa shape index (κ3) is 3.50. The second-order valence-electron chi connectivity index (χ2n) is 7.80. The third-order valence-corrected chi connectivity index (χ3v) is 5.29. The molecule has 2 heterocycles. The minimum atomic E-state index is -0.891. The predicted octanol–water partition coefficient (Wildman–Crippen LogP) is 2.57. The van der Waals surface area contributed by atoms with E-state index in [1.807, 2.05) is 20.8 Å². The molecule has 0 bridgehead atoms. The maximum atomic E-state index is 12.4. The molecule has 0 aromatic rings. The average Bonchev–Trinajstić information content (AvgIpc) is 3.06. The van der Waals surface area contributed by atoms with Crippen LogP contribution in [0.4, 0.5) is 0 Å². The number of carbonyl (C=O) groups is 3. The highest BCUT2D eigenvalue weighted by molar-refractivity contribution is 5.90. The van der Waals surface area contributed by atoms with Gasteiger partial charge in [-0.1, -0.05) is 19.4 Å². The Kier molecular flexibility index (Phi) is 4.88. The Morgan fingerprint density at radius 2 is 1.96 bits per heavy atom. The summed E-state index contributed by atoms with van der Waals surface area (Å²) in [6.07, 6.45) is 2.23. The highest BCUT2D eigenvalue weighted by Crippen LogP contribution is 2.50. The molecule has 0 N–H and O–H groups in total. The fourth-order valence-corrected chi connectivity index (χ4v) is 4.12. The van der Waals surface area contributed by atoms with Gasteiger partial charge in [-0.2, -0.15) is 0 Å². The lowest BCUT2D eigenvalue weighted by Gasteiger charge is -2.38. The summed E-state index contributed by atoms with van der Waals surface area (Å²) < 4.78 is 21.0. The summed E-state index contributed by atoms with van der Waals surface area (Å²) >= 11 is 0. The van der Waals surface area contributed by atoms with Crippen molar-refractivity contribution in [3.63, 3.8) is 0 Å². The number of carbonyl (C=O) groups excluding carboxylic acids is 3. The van der Waals surface area contributed by atoms with E-state index in [1.165, 1.54) is 19.4 Å². The van der Waals surface area contributed by atoms with Crippen LogP contribution in [0.1, 0.15) is 40.5 Å². The van der Waals surface area contributed by atoms with Gasteiger partial charge in [0, 0.05) is 17.6 Å². The highest BCUT2D eigenvalue weighted by atomic mass is 16.7. The van der Waals surface area contributed by atoms with Crippen molar-refractivity contribution >= 4 is 17.9 Å². The molecule has 1 fully saturated rings. The molecule has 0 spiro atoms. The minimum Gasteiger partial charge on any atom is -0.466 e. The quantitative estimate of drug-likeness (QED) is 0.245. The SMILES string of the molecule is COC(=O)/C(=C\OC1C=C(C)C(=O)O1)[C@H]1CC(C)=C2[C@@H]1OC(=O)CC2(C)C. The Morgan fingerprint density at radius 1 is 1.26 bits per heavy atom. The molecule has 0 aromatic carbocycles. The number of methoxy groups -OCH3 is 1. The summed E-state index contributed by atoms with van der Waals surface area (Å²) in [6.45, 7) is 7.62. The fraction of sp³-hybridized carbons (Fsp3) is 0.550. The number of hydrogen-bond donors (Lipinski definition) is 0. The number of fused-ring (bicyclic) bond motifs is 1. The lowest BCUT2D eigenvalue weighted by Crippen LogP contribution is -2.40. The molecule has 3 rings (SSSR count). The number of ether oxygens (including phenoxy) is 4. The molecule has 0 aromatic heterocycles. The van der Waals surface area contributed by atoms with E-state index in [9.17, 15) is 14.4 Å². The van der Waals surface area contributed by atoms with Crippen molar-refractivity contribution in [2.75, 3.05) is 7.11 Å². The molecule has 1 saturated heterocycles. The fourth-order valence-electron chi connectivity index (χ4n) is 4.12. The molecule has 3 aliphatic rings. The van der Waals surface area contributed by atoms with E-state index in [0.29, 0.717) is 18.4 Å². The van der Waals surface area contributed by atoms with Crippen LogP contribution >= 0.6 is 0 Å². The first-order valence-corrected chi connectivity index (χ1v) is 8.87. The zero-order valence-electron chi connectivity index (χ0n) is 16.2. The third-order valence-electron chi connectivity index (χ3n) is 5.29. The molecule has 1 aliphatic carbocycles. The van der Waals surface area contributed by atoms with Gasteiger partial charge in [-0.05, 0) is 31.3 Å². The summed E-state index contributed by atoms with van der Waals surface area (Å²) in [5, 5.41) is 0. The van der Waals surface area contributed by atoms with Crippen LogP contribution in [0.2, 0.25) is 0 Å². The second kappa shape index (κ2) is 6.87. The summed E-state index contributed by atoms with van der Waals surface area (Å²) in [5.41, 5.74) is 2.50. The van der Waals surface area contributed by atoms with Crippen molar-refractivity contribution in [3.8, 4) is 0 Å². The van der Waals surface area contributed by atoms with Crippen LogP contribution in [0.5, 0.6) is 0 Å². The van der Waals surface area contributed by atoms with E-state index in [4.69, 9.17) is 18.9 Å². The van der Waals surface area contributed by atoms with E-state index in [-0.39, 0.29) is 17.0 Å². The average molecular weight is 376 g/mol. The van der Waals surface area contributed by atoms with Gasteiger partial charge in [-0.15, -0.1) is 0 Å². The largest absolute Gasteiger partial charge is 0.466 e. The normalized spacial score (nSPS) is 29.7. The van der Waals surface area contributed by atoms with E-state index >= 15 is 0 Å². The van der Waals surface area contributed by atoms with Gasteiger partial charge in [0.25, 0.3) is 6.29 Å². The number of rotatable bonds is 4. The van der Waals surface area contributed by atoms with Crippen molar-refractivity contribution in [2.24, 2.45) is 11.3 Å². The van der Waals surface area contributed by atoms with E-state index in [0.717, 1.165) is 11.1 Å². The Bertz CT molecular complexity index is 784. The molecule has 3 atom stereocenters. The number of cyclic esters (lactones) is 1. The Hall–Kier alpha value is -2.57. The Balaban J connectivity index is 1.88. The predicted molar refractivity (Wildman–Crippen MR) is 93.9 cm³/mol. The van der Waals surface area contributed by atoms with Gasteiger partial charge in [0.05, 0.1) is 25.4 Å². The summed E-state index contributed by atoms with van der Waals surface area (Å²) in [5.74, 6) is -1.73. The topological polar surface area (TPSA) is 88.1 Å². The smallest absolute Gasteiger partial charge is 0.337 e. The maximum Gasteiger partial charge on any atom is 0.337 e. The van der Waals surface area contributed by atoms with Crippen LogP contribution in [-0.4, -0.2) is 37.4 Å². The van der Waals surface area contributed by atoms with Crippen LogP contribution in [0.15, 0.2) is 34.6 Å². The van der Waals surface area contributed by atoms with Gasteiger partial charge < -0.3 is 18.9 Å². The van der Waals surface area contributed by atoms with Crippen molar-refractivity contribution in [3.05, 3.63) is 34.6 Å². The van der Waals surface area contributed by atoms with Gasteiger partial charge in [-0.25, -0.2) is 9.59 Å². The lowest BCUT2D eigenvalue weighted by molar-refractivity contribution is -0.157. The van der Waals surface area contributed by atoms with Gasteiger partial charge in [0.2, 0.25) is 0 Å². The van der Waals surface area contributed by atoms with Crippen molar-refractivity contribution in [2.45, 2.75) is 52.9 Å². The van der Waals surface area contributed by atoms with Crippen LogP contribution in [0.25, 0.3) is 0 Å². The number of allylic oxidation sites excluding steroid dienone is 1. The first kappa shape index (κ1) is 19.2. The van der Waals surface area contributed by atoms with Gasteiger partial charge in [-0.3, -0.25) is 4.79 Å². The number of hydrogen-bond acceptors (Lipinski definition) is 7. The molecule has 146 valence electrons.